The molecule has 0 aromatic heterocycles. The van der Waals surface area contributed by atoms with Crippen LogP contribution in [-0.2, 0) is 10.2 Å². The van der Waals surface area contributed by atoms with Crippen molar-refractivity contribution in [1.82, 2.24) is 0 Å². The molecule has 1 aliphatic rings. The van der Waals surface area contributed by atoms with Crippen LogP contribution in [0.3, 0.4) is 0 Å². The Kier molecular flexibility index (Phi) is 6.17. The highest BCUT2D eigenvalue weighted by molar-refractivity contribution is 5.87. The molecular weight excluding hydrogens is 390 g/mol. The molecule has 0 saturated heterocycles. The number of rotatable bonds is 5. The van der Waals surface area contributed by atoms with Crippen LogP contribution in [0.5, 0.6) is 5.75 Å². The van der Waals surface area contributed by atoms with Gasteiger partial charge in [-0.25, -0.2) is 4.79 Å². The van der Waals surface area contributed by atoms with E-state index in [1.54, 1.807) is 0 Å². The number of ether oxygens (including phenoxy) is 2. The number of likely N-dealkylation sites (N-methyl/N-ethyl adjacent to an activating group) is 1. The van der Waals surface area contributed by atoms with Gasteiger partial charge in [0.25, 0.3) is 0 Å². The van der Waals surface area contributed by atoms with E-state index < -0.39 is 17.1 Å². The standard InChI is InChI=1S/C25H31N3O3/c1-7-28-21-15-18(27-23(29)31-24(3,4)5)11-14-20(21)25(6,16-26)22(28)17-9-12-19(13-10-17)30-8-2/h9-15,22H,7-8H2,1-6H3,(H,27,29). The summed E-state index contributed by atoms with van der Waals surface area (Å²) in [4.78, 5) is 14.4. The quantitative estimate of drug-likeness (QED) is 0.661. The molecule has 1 heterocycles. The second-order valence-corrected chi connectivity index (χ2v) is 8.86. The molecule has 0 bridgehead atoms. The molecule has 2 atom stereocenters. The Morgan fingerprint density at radius 3 is 2.42 bits per heavy atom. The van der Waals surface area contributed by atoms with E-state index in [4.69, 9.17) is 9.47 Å². The minimum atomic E-state index is -0.733. The molecule has 2 aromatic rings. The van der Waals surface area contributed by atoms with E-state index in [0.29, 0.717) is 12.3 Å². The van der Waals surface area contributed by atoms with E-state index in [0.717, 1.165) is 29.1 Å². The lowest BCUT2D eigenvalue weighted by molar-refractivity contribution is 0.0636. The fourth-order valence-electron chi connectivity index (χ4n) is 4.21. The van der Waals surface area contributed by atoms with E-state index in [1.165, 1.54) is 0 Å². The Morgan fingerprint density at radius 2 is 1.87 bits per heavy atom. The van der Waals surface area contributed by atoms with Crippen molar-refractivity contribution in [3.05, 3.63) is 53.6 Å². The first-order valence-corrected chi connectivity index (χ1v) is 10.7. The molecule has 0 radical (unpaired) electrons. The molecule has 1 amide bonds. The van der Waals surface area contributed by atoms with Crippen molar-refractivity contribution in [3.63, 3.8) is 0 Å². The first-order chi connectivity index (χ1) is 14.6. The number of nitrogens with zero attached hydrogens (tertiary/aromatic N) is 2. The van der Waals surface area contributed by atoms with Gasteiger partial charge in [0, 0.05) is 17.9 Å². The van der Waals surface area contributed by atoms with Crippen LogP contribution in [-0.4, -0.2) is 24.8 Å². The van der Waals surface area contributed by atoms with Crippen LogP contribution in [0.1, 0.15) is 58.7 Å². The Balaban J connectivity index is 1.97. The highest BCUT2D eigenvalue weighted by Gasteiger charge is 2.48. The number of hydrogen-bond donors (Lipinski definition) is 1. The lowest BCUT2D eigenvalue weighted by Gasteiger charge is -2.32. The third-order valence-corrected chi connectivity index (χ3v) is 5.45. The van der Waals surface area contributed by atoms with Gasteiger partial charge in [0.2, 0.25) is 0 Å². The molecule has 2 unspecified atom stereocenters. The first-order valence-electron chi connectivity index (χ1n) is 10.7. The molecule has 0 spiro atoms. The van der Waals surface area contributed by atoms with E-state index in [1.807, 2.05) is 77.1 Å². The Labute approximate surface area is 184 Å². The van der Waals surface area contributed by atoms with Crippen molar-refractivity contribution in [2.45, 2.75) is 58.6 Å². The van der Waals surface area contributed by atoms with Crippen LogP contribution in [0.25, 0.3) is 0 Å². The SMILES string of the molecule is CCOc1ccc(C2N(CC)c3cc(NC(=O)OC(C)(C)C)ccc3C2(C)C#N)cc1. The second kappa shape index (κ2) is 8.50. The maximum Gasteiger partial charge on any atom is 0.412 e. The predicted molar refractivity (Wildman–Crippen MR) is 123 cm³/mol. The van der Waals surface area contributed by atoms with Gasteiger partial charge in [-0.2, -0.15) is 5.26 Å². The van der Waals surface area contributed by atoms with Gasteiger partial charge < -0.3 is 14.4 Å². The lowest BCUT2D eigenvalue weighted by Crippen LogP contribution is -2.34. The largest absolute Gasteiger partial charge is 0.494 e. The fourth-order valence-corrected chi connectivity index (χ4v) is 4.21. The number of carbonyl (C=O) groups excluding carboxylic acids is 1. The van der Waals surface area contributed by atoms with Gasteiger partial charge in [0.15, 0.2) is 0 Å². The molecular formula is C25H31N3O3. The zero-order valence-electron chi connectivity index (χ0n) is 19.2. The van der Waals surface area contributed by atoms with Gasteiger partial charge in [0.05, 0.1) is 18.7 Å². The highest BCUT2D eigenvalue weighted by Crippen LogP contribution is 2.53. The highest BCUT2D eigenvalue weighted by atomic mass is 16.6. The number of hydrogen-bond acceptors (Lipinski definition) is 5. The summed E-state index contributed by atoms with van der Waals surface area (Å²) < 4.78 is 10.9. The van der Waals surface area contributed by atoms with Crippen LogP contribution in [0.2, 0.25) is 0 Å². The summed E-state index contributed by atoms with van der Waals surface area (Å²) >= 11 is 0. The summed E-state index contributed by atoms with van der Waals surface area (Å²) in [7, 11) is 0. The van der Waals surface area contributed by atoms with Gasteiger partial charge in [-0.1, -0.05) is 18.2 Å². The zero-order chi connectivity index (χ0) is 22.8. The van der Waals surface area contributed by atoms with E-state index in [-0.39, 0.29) is 6.04 Å². The molecule has 1 N–H and O–H groups in total. The van der Waals surface area contributed by atoms with Crippen molar-refractivity contribution in [3.8, 4) is 11.8 Å². The van der Waals surface area contributed by atoms with Crippen molar-refractivity contribution in [2.75, 3.05) is 23.4 Å². The molecule has 2 aromatic carbocycles. The van der Waals surface area contributed by atoms with E-state index >= 15 is 0 Å². The third kappa shape index (κ3) is 4.46. The van der Waals surface area contributed by atoms with Gasteiger partial charge in [-0.3, -0.25) is 5.32 Å². The summed E-state index contributed by atoms with van der Waals surface area (Å²) in [6.45, 7) is 12.8. The number of benzene rings is 2. The predicted octanol–water partition coefficient (Wildman–Crippen LogP) is 5.79. The Hall–Kier alpha value is -3.20. The average Bonchev–Trinajstić information content (AvgIpc) is 2.95. The summed E-state index contributed by atoms with van der Waals surface area (Å²) in [5.74, 6) is 0.812. The third-order valence-electron chi connectivity index (χ3n) is 5.45. The van der Waals surface area contributed by atoms with Crippen molar-refractivity contribution < 1.29 is 14.3 Å². The normalized spacial score (nSPS) is 20.0. The summed E-state index contributed by atoms with van der Waals surface area (Å²) in [6.07, 6.45) is -0.500. The second-order valence-electron chi connectivity index (χ2n) is 8.86. The molecule has 6 nitrogen and oxygen atoms in total. The molecule has 1 aliphatic heterocycles. The monoisotopic (exact) mass is 421 g/mol. The first kappa shape index (κ1) is 22.5. The summed E-state index contributed by atoms with van der Waals surface area (Å²) in [6, 6.07) is 16.0. The van der Waals surface area contributed by atoms with Crippen molar-refractivity contribution in [1.29, 1.82) is 5.26 Å². The van der Waals surface area contributed by atoms with Crippen LogP contribution in [0.4, 0.5) is 16.2 Å². The number of fused-ring (bicyclic) bond motifs is 1. The number of nitriles is 1. The zero-order valence-corrected chi connectivity index (χ0v) is 19.2. The lowest BCUT2D eigenvalue weighted by atomic mass is 9.77. The number of amides is 1. The molecule has 164 valence electrons. The number of nitrogens with one attached hydrogen (secondary N) is 1. The smallest absolute Gasteiger partial charge is 0.412 e. The maximum atomic E-state index is 12.2. The number of anilines is 2. The topological polar surface area (TPSA) is 74.6 Å². The van der Waals surface area contributed by atoms with Crippen molar-refractivity contribution in [2.24, 2.45) is 0 Å². The molecule has 0 fully saturated rings. The Bertz CT molecular complexity index is 989. The van der Waals surface area contributed by atoms with Crippen LogP contribution in [0.15, 0.2) is 42.5 Å². The minimum Gasteiger partial charge on any atom is -0.494 e. The van der Waals surface area contributed by atoms with Crippen molar-refractivity contribution >= 4 is 17.5 Å². The summed E-state index contributed by atoms with van der Waals surface area (Å²) in [5.41, 5.74) is 2.27. The minimum absolute atomic E-state index is 0.148. The van der Waals surface area contributed by atoms with Crippen LogP contribution >= 0.6 is 0 Å². The molecule has 31 heavy (non-hydrogen) atoms. The maximum absolute atomic E-state index is 12.2. The van der Waals surface area contributed by atoms with Gasteiger partial charge in [-0.15, -0.1) is 0 Å². The fraction of sp³-hybridized carbons (Fsp3) is 0.440. The van der Waals surface area contributed by atoms with E-state index in [2.05, 4.69) is 23.2 Å². The summed E-state index contributed by atoms with van der Waals surface area (Å²) in [5, 5.41) is 13.0. The van der Waals surface area contributed by atoms with Gasteiger partial charge in [0.1, 0.15) is 16.8 Å². The van der Waals surface area contributed by atoms with Gasteiger partial charge >= 0.3 is 6.09 Å². The van der Waals surface area contributed by atoms with Crippen LogP contribution < -0.4 is 15.0 Å². The number of carbonyl (C=O) groups is 1. The average molecular weight is 422 g/mol. The molecule has 3 rings (SSSR count). The van der Waals surface area contributed by atoms with E-state index in [9.17, 15) is 10.1 Å². The molecule has 0 saturated carbocycles. The Morgan fingerprint density at radius 1 is 1.19 bits per heavy atom. The van der Waals surface area contributed by atoms with Gasteiger partial charge in [-0.05, 0) is 76.9 Å². The molecule has 6 heteroatoms. The van der Waals surface area contributed by atoms with Crippen LogP contribution in [0, 0.1) is 11.3 Å². The molecule has 0 aliphatic carbocycles.